The van der Waals surface area contributed by atoms with Crippen LogP contribution in [-0.4, -0.2) is 21.2 Å². The Kier molecular flexibility index (Phi) is 1.70. The van der Waals surface area contributed by atoms with Gasteiger partial charge in [0.05, 0.1) is 5.84 Å². The van der Waals surface area contributed by atoms with Crippen molar-refractivity contribution in [1.82, 2.24) is 15.4 Å². The molecule has 0 spiro atoms. The third-order valence-electron chi connectivity index (χ3n) is 1.81. The van der Waals surface area contributed by atoms with Gasteiger partial charge in [-0.15, -0.1) is 0 Å². The summed E-state index contributed by atoms with van der Waals surface area (Å²) in [6, 6.07) is 5.64. The van der Waals surface area contributed by atoms with Crippen molar-refractivity contribution in [3.05, 3.63) is 23.8 Å². The molecule has 2 rings (SSSR count). The molecule has 1 aromatic heterocycles. The van der Waals surface area contributed by atoms with Gasteiger partial charge < -0.3 is 5.73 Å². The molecule has 2 aromatic rings. The van der Waals surface area contributed by atoms with E-state index in [1.165, 1.54) is 0 Å². The van der Waals surface area contributed by atoms with Crippen LogP contribution in [0.4, 0.5) is 0 Å². The van der Waals surface area contributed by atoms with Crippen LogP contribution in [0.1, 0.15) is 5.56 Å². The Labute approximate surface area is 74.5 Å². The van der Waals surface area contributed by atoms with Crippen LogP contribution in [0.3, 0.4) is 0 Å². The number of nitrogens with two attached hydrogens (primary N) is 1. The monoisotopic (exact) mass is 175 g/mol. The lowest BCUT2D eigenvalue weighted by Crippen LogP contribution is -2.12. The number of amidine groups is 1. The first kappa shape index (κ1) is 7.72. The van der Waals surface area contributed by atoms with Gasteiger partial charge in [-0.2, -0.15) is 15.4 Å². The Balaban J connectivity index is 2.54. The number of H-pyrrole nitrogens is 1. The van der Waals surface area contributed by atoms with Crippen LogP contribution in [0.15, 0.2) is 18.2 Å². The van der Waals surface area contributed by atoms with Crippen molar-refractivity contribution >= 4 is 16.9 Å². The van der Waals surface area contributed by atoms with Gasteiger partial charge in [0.25, 0.3) is 0 Å². The molecular formula is C8H9N5. The highest BCUT2D eigenvalue weighted by Gasteiger charge is 2.04. The van der Waals surface area contributed by atoms with E-state index in [9.17, 15) is 0 Å². The number of fused-ring (bicyclic) bond motifs is 1. The summed E-state index contributed by atoms with van der Waals surface area (Å²) in [6.07, 6.45) is 0.421. The summed E-state index contributed by atoms with van der Waals surface area (Å²) in [5.41, 5.74) is 7.83. The molecule has 0 atom stereocenters. The van der Waals surface area contributed by atoms with E-state index in [0.29, 0.717) is 6.42 Å². The summed E-state index contributed by atoms with van der Waals surface area (Å²) in [4.78, 5) is 0. The van der Waals surface area contributed by atoms with Gasteiger partial charge >= 0.3 is 0 Å². The van der Waals surface area contributed by atoms with Crippen LogP contribution in [0, 0.1) is 5.41 Å². The van der Waals surface area contributed by atoms with Gasteiger partial charge in [0.1, 0.15) is 11.0 Å². The van der Waals surface area contributed by atoms with E-state index in [2.05, 4.69) is 15.4 Å². The third kappa shape index (κ3) is 1.35. The van der Waals surface area contributed by atoms with E-state index in [4.69, 9.17) is 11.1 Å². The minimum atomic E-state index is 0.135. The van der Waals surface area contributed by atoms with E-state index in [-0.39, 0.29) is 5.84 Å². The maximum Gasteiger partial charge on any atom is 0.116 e. The first-order valence-electron chi connectivity index (χ1n) is 3.88. The lowest BCUT2D eigenvalue weighted by atomic mass is 10.1. The molecular weight excluding hydrogens is 166 g/mol. The van der Waals surface area contributed by atoms with E-state index in [1.54, 1.807) is 0 Å². The molecule has 1 aromatic carbocycles. The van der Waals surface area contributed by atoms with E-state index in [1.807, 2.05) is 18.2 Å². The summed E-state index contributed by atoms with van der Waals surface area (Å²) >= 11 is 0. The molecule has 0 fully saturated rings. The van der Waals surface area contributed by atoms with Crippen molar-refractivity contribution in [3.63, 3.8) is 0 Å². The second kappa shape index (κ2) is 2.85. The largest absolute Gasteiger partial charge is 0.387 e. The number of rotatable bonds is 2. The lowest BCUT2D eigenvalue weighted by molar-refractivity contribution is 0.957. The Bertz CT molecular complexity index is 444. The molecule has 13 heavy (non-hydrogen) atoms. The van der Waals surface area contributed by atoms with Gasteiger partial charge in [0, 0.05) is 6.42 Å². The Morgan fingerprint density at radius 2 is 2.31 bits per heavy atom. The number of hydrogen-bond acceptors (Lipinski definition) is 3. The molecule has 66 valence electrons. The van der Waals surface area contributed by atoms with Gasteiger partial charge in [-0.3, -0.25) is 5.41 Å². The van der Waals surface area contributed by atoms with Gasteiger partial charge in [0.2, 0.25) is 0 Å². The van der Waals surface area contributed by atoms with Gasteiger partial charge in [-0.05, 0) is 11.6 Å². The Hall–Kier alpha value is -1.91. The van der Waals surface area contributed by atoms with Crippen molar-refractivity contribution in [2.45, 2.75) is 6.42 Å². The predicted molar refractivity (Wildman–Crippen MR) is 49.5 cm³/mol. The standard InChI is InChI=1S/C8H9N5/c9-7(10)4-5-2-1-3-6-8(5)12-13-11-6/h1-3H,4H2,(H3,9,10)(H,11,12,13). The Morgan fingerprint density at radius 3 is 3.08 bits per heavy atom. The van der Waals surface area contributed by atoms with E-state index >= 15 is 0 Å². The number of hydrogen-bond donors (Lipinski definition) is 3. The molecule has 1 heterocycles. The third-order valence-corrected chi connectivity index (χ3v) is 1.81. The van der Waals surface area contributed by atoms with Gasteiger partial charge in [-0.1, -0.05) is 12.1 Å². The summed E-state index contributed by atoms with van der Waals surface area (Å²) < 4.78 is 0. The van der Waals surface area contributed by atoms with Crippen molar-refractivity contribution in [3.8, 4) is 0 Å². The van der Waals surface area contributed by atoms with Crippen LogP contribution < -0.4 is 5.73 Å². The summed E-state index contributed by atoms with van der Waals surface area (Å²) in [5, 5.41) is 17.6. The predicted octanol–water partition coefficient (Wildman–Crippen LogP) is 0.436. The summed E-state index contributed by atoms with van der Waals surface area (Å²) in [5.74, 6) is 0.135. The summed E-state index contributed by atoms with van der Waals surface area (Å²) in [7, 11) is 0. The highest BCUT2D eigenvalue weighted by atomic mass is 15.3. The zero-order valence-electron chi connectivity index (χ0n) is 6.91. The van der Waals surface area contributed by atoms with Gasteiger partial charge in [0.15, 0.2) is 0 Å². The quantitative estimate of drug-likeness (QED) is 0.456. The van der Waals surface area contributed by atoms with Crippen LogP contribution in [-0.2, 0) is 6.42 Å². The zero-order chi connectivity index (χ0) is 9.26. The summed E-state index contributed by atoms with van der Waals surface area (Å²) in [6.45, 7) is 0. The molecule has 0 bridgehead atoms. The molecule has 5 heteroatoms. The van der Waals surface area contributed by atoms with Gasteiger partial charge in [-0.25, -0.2) is 0 Å². The zero-order valence-corrected chi connectivity index (χ0v) is 6.91. The SMILES string of the molecule is N=C(N)Cc1cccc2n[nH]nc12. The lowest BCUT2D eigenvalue weighted by Gasteiger charge is -1.98. The Morgan fingerprint density at radius 1 is 1.46 bits per heavy atom. The van der Waals surface area contributed by atoms with E-state index < -0.39 is 0 Å². The van der Waals surface area contributed by atoms with Crippen molar-refractivity contribution in [2.24, 2.45) is 5.73 Å². The molecule has 5 nitrogen and oxygen atoms in total. The molecule has 0 aliphatic carbocycles. The number of nitrogens with one attached hydrogen (secondary N) is 2. The highest BCUT2D eigenvalue weighted by Crippen LogP contribution is 2.13. The second-order valence-electron chi connectivity index (χ2n) is 2.81. The average molecular weight is 175 g/mol. The smallest absolute Gasteiger partial charge is 0.116 e. The first-order valence-corrected chi connectivity index (χ1v) is 3.88. The minimum absolute atomic E-state index is 0.135. The normalized spacial score (nSPS) is 10.5. The molecule has 0 amide bonds. The number of aromatic nitrogens is 3. The highest BCUT2D eigenvalue weighted by molar-refractivity contribution is 5.86. The fourth-order valence-electron chi connectivity index (χ4n) is 1.27. The number of aromatic amines is 1. The minimum Gasteiger partial charge on any atom is -0.387 e. The first-order chi connectivity index (χ1) is 6.27. The van der Waals surface area contributed by atoms with Crippen LogP contribution in [0.25, 0.3) is 11.0 Å². The van der Waals surface area contributed by atoms with Crippen molar-refractivity contribution in [1.29, 1.82) is 5.41 Å². The average Bonchev–Trinajstić information content (AvgIpc) is 2.51. The molecule has 0 saturated heterocycles. The molecule has 4 N–H and O–H groups in total. The van der Waals surface area contributed by atoms with Crippen LogP contribution >= 0.6 is 0 Å². The maximum absolute atomic E-state index is 7.18. The van der Waals surface area contributed by atoms with Crippen molar-refractivity contribution in [2.75, 3.05) is 0 Å². The molecule has 0 aliphatic heterocycles. The maximum atomic E-state index is 7.18. The number of nitrogens with zero attached hydrogens (tertiary/aromatic N) is 2. The topological polar surface area (TPSA) is 91.4 Å². The molecule has 0 unspecified atom stereocenters. The fraction of sp³-hybridized carbons (Fsp3) is 0.125. The number of benzene rings is 1. The second-order valence-corrected chi connectivity index (χ2v) is 2.81. The number of para-hydroxylation sites is 1. The van der Waals surface area contributed by atoms with E-state index in [0.717, 1.165) is 16.6 Å². The van der Waals surface area contributed by atoms with Crippen LogP contribution in [0.2, 0.25) is 0 Å². The fourth-order valence-corrected chi connectivity index (χ4v) is 1.27. The van der Waals surface area contributed by atoms with Crippen LogP contribution in [0.5, 0.6) is 0 Å². The molecule has 0 radical (unpaired) electrons. The molecule has 0 saturated carbocycles. The molecule has 0 aliphatic rings. The van der Waals surface area contributed by atoms with Crippen molar-refractivity contribution < 1.29 is 0 Å².